The summed E-state index contributed by atoms with van der Waals surface area (Å²) in [5, 5.41) is 4.43. The quantitative estimate of drug-likeness (QED) is 0.226. The van der Waals surface area contributed by atoms with Gasteiger partial charge in [0.2, 0.25) is 0 Å². The maximum Gasteiger partial charge on any atom is 0.193 e. The van der Waals surface area contributed by atoms with Gasteiger partial charge < -0.3 is 19.7 Å². The van der Waals surface area contributed by atoms with E-state index in [1.807, 2.05) is 25.2 Å². The fourth-order valence-electron chi connectivity index (χ4n) is 2.05. The molecule has 0 aliphatic carbocycles. The van der Waals surface area contributed by atoms with Crippen molar-refractivity contribution in [1.29, 1.82) is 0 Å². The highest BCUT2D eigenvalue weighted by molar-refractivity contribution is 14.0. The van der Waals surface area contributed by atoms with E-state index in [0.717, 1.165) is 24.5 Å². The van der Waals surface area contributed by atoms with Crippen molar-refractivity contribution in [2.45, 2.75) is 19.9 Å². The predicted octanol–water partition coefficient (Wildman–Crippen LogP) is 4.06. The number of hydrogen-bond acceptors (Lipinski definition) is 3. The van der Waals surface area contributed by atoms with Gasteiger partial charge in [-0.3, -0.25) is 4.99 Å². The smallest absolute Gasteiger partial charge is 0.193 e. The molecule has 0 aliphatic rings. The monoisotopic (exact) mass is 503 g/mol. The van der Waals surface area contributed by atoms with Crippen LogP contribution < -0.4 is 5.32 Å². The van der Waals surface area contributed by atoms with Gasteiger partial charge in [-0.1, -0.05) is 29.3 Å². The highest BCUT2D eigenvalue weighted by Crippen LogP contribution is 2.23. The molecule has 0 fully saturated rings. The number of aliphatic imine (C=N–C) groups is 1. The van der Waals surface area contributed by atoms with Gasteiger partial charge in [0.1, 0.15) is 0 Å². The van der Waals surface area contributed by atoms with Crippen molar-refractivity contribution in [2.75, 3.05) is 47.1 Å². The summed E-state index contributed by atoms with van der Waals surface area (Å²) in [7, 11) is 3.67. The maximum absolute atomic E-state index is 6.07. The van der Waals surface area contributed by atoms with Crippen molar-refractivity contribution in [3.05, 3.63) is 33.8 Å². The first-order valence-corrected chi connectivity index (χ1v) is 8.84. The van der Waals surface area contributed by atoms with Gasteiger partial charge in [0.05, 0.1) is 23.3 Å². The van der Waals surface area contributed by atoms with E-state index in [-0.39, 0.29) is 24.0 Å². The number of guanidine groups is 1. The topological polar surface area (TPSA) is 46.1 Å². The molecular weight excluding hydrogens is 476 g/mol. The van der Waals surface area contributed by atoms with Gasteiger partial charge in [0.25, 0.3) is 0 Å². The largest absolute Gasteiger partial charge is 0.382 e. The second-order valence-electron chi connectivity index (χ2n) is 5.30. The summed E-state index contributed by atoms with van der Waals surface area (Å²) < 4.78 is 10.4. The Balaban J connectivity index is 0.00000576. The van der Waals surface area contributed by atoms with Gasteiger partial charge in [0.15, 0.2) is 5.96 Å². The summed E-state index contributed by atoms with van der Waals surface area (Å²) in [6.45, 7) is 6.21. The molecule has 0 unspecified atom stereocenters. The van der Waals surface area contributed by atoms with Crippen LogP contribution in [0, 0.1) is 0 Å². The van der Waals surface area contributed by atoms with Gasteiger partial charge >= 0.3 is 0 Å². The third-order valence-electron chi connectivity index (χ3n) is 3.24. The lowest BCUT2D eigenvalue weighted by atomic mass is 10.2. The molecule has 1 N–H and O–H groups in total. The number of nitrogens with one attached hydrogen (secondary N) is 1. The molecule has 0 saturated heterocycles. The molecule has 0 aromatic heterocycles. The zero-order valence-electron chi connectivity index (χ0n) is 15.1. The number of nitrogens with zero attached hydrogens (tertiary/aromatic N) is 2. The lowest BCUT2D eigenvalue weighted by Gasteiger charge is -2.22. The third-order valence-corrected chi connectivity index (χ3v) is 3.98. The van der Waals surface area contributed by atoms with Crippen LogP contribution in [0.5, 0.6) is 0 Å². The molecule has 0 atom stereocenters. The molecule has 0 spiro atoms. The molecule has 1 aromatic rings. The minimum absolute atomic E-state index is 0. The van der Waals surface area contributed by atoms with Crippen LogP contribution in [0.1, 0.15) is 18.9 Å². The van der Waals surface area contributed by atoms with Crippen molar-refractivity contribution in [3.63, 3.8) is 0 Å². The summed E-state index contributed by atoms with van der Waals surface area (Å²) in [6, 6.07) is 5.67. The van der Waals surface area contributed by atoms with Crippen molar-refractivity contribution in [1.82, 2.24) is 10.2 Å². The summed E-state index contributed by atoms with van der Waals surface area (Å²) in [4.78, 5) is 6.69. The number of ether oxygens (including phenoxy) is 2. The number of benzene rings is 1. The fourth-order valence-corrected chi connectivity index (χ4v) is 2.37. The summed E-state index contributed by atoms with van der Waals surface area (Å²) >= 11 is 12.0. The highest BCUT2D eigenvalue weighted by Gasteiger charge is 2.07. The first-order chi connectivity index (χ1) is 11.6. The average molecular weight is 504 g/mol. The normalized spacial score (nSPS) is 11.2. The molecule has 0 aliphatic heterocycles. The Kier molecular flexibility index (Phi) is 14.7. The van der Waals surface area contributed by atoms with Crippen LogP contribution in [-0.2, 0) is 16.0 Å². The predicted molar refractivity (Wildman–Crippen MR) is 117 cm³/mol. The molecule has 0 bridgehead atoms. The van der Waals surface area contributed by atoms with Gasteiger partial charge in [-0.25, -0.2) is 0 Å². The van der Waals surface area contributed by atoms with Crippen molar-refractivity contribution in [2.24, 2.45) is 4.99 Å². The second-order valence-corrected chi connectivity index (χ2v) is 6.11. The van der Waals surface area contributed by atoms with Crippen LogP contribution in [0.2, 0.25) is 10.0 Å². The summed E-state index contributed by atoms with van der Waals surface area (Å²) in [6.07, 6.45) is 0.874. The van der Waals surface area contributed by atoms with Crippen LogP contribution in [-0.4, -0.2) is 57.9 Å². The Hall–Kier alpha value is -0.280. The Morgan fingerprint density at radius 1 is 1.20 bits per heavy atom. The standard InChI is InChI=1S/C17H27Cl2N3O2.HI/c1-4-20-17(21-8-5-9-24-11-10-23-3)22(2)13-14-6-7-15(18)16(19)12-14;/h6-7,12H,4-5,8-11,13H2,1-3H3,(H,20,21);1H. The number of hydrogen-bond donors (Lipinski definition) is 1. The Morgan fingerprint density at radius 2 is 1.96 bits per heavy atom. The van der Waals surface area contributed by atoms with Crippen molar-refractivity contribution in [3.8, 4) is 0 Å². The Labute approximate surface area is 178 Å². The molecule has 144 valence electrons. The number of rotatable bonds is 10. The first kappa shape index (κ1) is 24.7. The Bertz CT molecular complexity index is 519. The van der Waals surface area contributed by atoms with E-state index < -0.39 is 0 Å². The summed E-state index contributed by atoms with van der Waals surface area (Å²) in [5.41, 5.74) is 1.08. The third kappa shape index (κ3) is 10.5. The average Bonchev–Trinajstić information content (AvgIpc) is 2.56. The van der Waals surface area contributed by atoms with Gasteiger partial charge in [-0.15, -0.1) is 24.0 Å². The van der Waals surface area contributed by atoms with Gasteiger partial charge in [0, 0.05) is 40.4 Å². The molecule has 8 heteroatoms. The first-order valence-electron chi connectivity index (χ1n) is 8.08. The minimum atomic E-state index is 0. The van der Waals surface area contributed by atoms with Gasteiger partial charge in [-0.2, -0.15) is 0 Å². The van der Waals surface area contributed by atoms with Crippen LogP contribution in [0.3, 0.4) is 0 Å². The molecular formula is C17H28Cl2IN3O2. The SMILES string of the molecule is CCNC(=NCCCOCCOC)N(C)Cc1ccc(Cl)c(Cl)c1.I. The van der Waals surface area contributed by atoms with E-state index in [0.29, 0.717) is 43.0 Å². The van der Waals surface area contributed by atoms with E-state index >= 15 is 0 Å². The zero-order chi connectivity index (χ0) is 17.8. The highest BCUT2D eigenvalue weighted by atomic mass is 127. The van der Waals surface area contributed by atoms with E-state index in [1.165, 1.54) is 0 Å². The van der Waals surface area contributed by atoms with Crippen molar-refractivity contribution >= 4 is 53.1 Å². The van der Waals surface area contributed by atoms with Crippen LogP contribution in [0.25, 0.3) is 0 Å². The van der Waals surface area contributed by atoms with Crippen molar-refractivity contribution < 1.29 is 9.47 Å². The van der Waals surface area contributed by atoms with E-state index in [2.05, 4.69) is 22.1 Å². The van der Waals surface area contributed by atoms with Crippen LogP contribution in [0.4, 0.5) is 0 Å². The minimum Gasteiger partial charge on any atom is -0.382 e. The second kappa shape index (κ2) is 14.8. The Morgan fingerprint density at radius 3 is 2.60 bits per heavy atom. The maximum atomic E-state index is 6.07. The fraction of sp³-hybridized carbons (Fsp3) is 0.588. The molecule has 0 radical (unpaired) electrons. The number of methoxy groups -OCH3 is 1. The van der Waals surface area contributed by atoms with Gasteiger partial charge in [-0.05, 0) is 31.0 Å². The summed E-state index contributed by atoms with van der Waals surface area (Å²) in [5.74, 6) is 0.862. The van der Waals surface area contributed by atoms with Crippen LogP contribution in [0.15, 0.2) is 23.2 Å². The zero-order valence-corrected chi connectivity index (χ0v) is 18.9. The lowest BCUT2D eigenvalue weighted by molar-refractivity contribution is 0.0702. The molecule has 5 nitrogen and oxygen atoms in total. The molecule has 0 amide bonds. The molecule has 1 rings (SSSR count). The molecule has 25 heavy (non-hydrogen) atoms. The molecule has 0 saturated carbocycles. The molecule has 0 heterocycles. The lowest BCUT2D eigenvalue weighted by Crippen LogP contribution is -2.38. The van der Waals surface area contributed by atoms with E-state index in [9.17, 15) is 0 Å². The molecule has 1 aromatic carbocycles. The van der Waals surface area contributed by atoms with E-state index in [4.69, 9.17) is 32.7 Å². The van der Waals surface area contributed by atoms with E-state index in [1.54, 1.807) is 7.11 Å². The van der Waals surface area contributed by atoms with Crippen LogP contribution >= 0.6 is 47.2 Å². The number of halogens is 3.